The lowest BCUT2D eigenvalue weighted by molar-refractivity contribution is 0.0695. The van der Waals surface area contributed by atoms with Gasteiger partial charge in [-0.25, -0.2) is 0 Å². The molecule has 0 radical (unpaired) electrons. The smallest absolute Gasteiger partial charge is 0.0590 e. The van der Waals surface area contributed by atoms with Crippen molar-refractivity contribution in [3.63, 3.8) is 0 Å². The van der Waals surface area contributed by atoms with Crippen LogP contribution in [0, 0.1) is 0 Å². The fraction of sp³-hybridized carbons (Fsp3) is 1.00. The Morgan fingerprint density at radius 1 is 1.55 bits per heavy atom. The van der Waals surface area contributed by atoms with Gasteiger partial charge in [0.15, 0.2) is 0 Å². The molecule has 0 aliphatic heterocycles. The van der Waals surface area contributed by atoms with Crippen molar-refractivity contribution < 1.29 is 4.74 Å². The van der Waals surface area contributed by atoms with E-state index in [9.17, 15) is 0 Å². The second-order valence-corrected chi connectivity index (χ2v) is 4.04. The summed E-state index contributed by atoms with van der Waals surface area (Å²) in [5, 5.41) is 0. The first kappa shape index (κ1) is 9.36. The molecule has 0 bridgehead atoms. The Bertz CT molecular complexity index is 110. The zero-order valence-electron chi connectivity index (χ0n) is 7.08. The van der Waals surface area contributed by atoms with Crippen molar-refractivity contribution in [2.24, 2.45) is 5.73 Å². The molecule has 2 unspecified atom stereocenters. The van der Waals surface area contributed by atoms with Gasteiger partial charge in [0.25, 0.3) is 0 Å². The Morgan fingerprint density at radius 3 is 2.91 bits per heavy atom. The number of hydrogen-bond acceptors (Lipinski definition) is 3. The second-order valence-electron chi connectivity index (χ2n) is 3.06. The van der Waals surface area contributed by atoms with E-state index in [1.807, 2.05) is 11.8 Å². The van der Waals surface area contributed by atoms with Crippen LogP contribution in [0.5, 0.6) is 0 Å². The molecule has 0 amide bonds. The molecule has 0 saturated heterocycles. The minimum atomic E-state index is 0.397. The maximum absolute atomic E-state index is 5.74. The molecule has 0 heterocycles. The van der Waals surface area contributed by atoms with Crippen LogP contribution in [0.2, 0.25) is 0 Å². The van der Waals surface area contributed by atoms with Gasteiger partial charge < -0.3 is 10.5 Å². The Hall–Kier alpha value is 0.270. The molecule has 66 valence electrons. The summed E-state index contributed by atoms with van der Waals surface area (Å²) in [6, 6.07) is 0.397. The molecule has 0 aromatic carbocycles. The second kappa shape index (κ2) is 5.01. The van der Waals surface area contributed by atoms with E-state index < -0.39 is 0 Å². The average molecular weight is 175 g/mol. The Labute approximate surface area is 72.9 Å². The zero-order chi connectivity index (χ0) is 8.10. The van der Waals surface area contributed by atoms with E-state index in [1.54, 1.807) is 0 Å². The number of rotatable bonds is 4. The van der Waals surface area contributed by atoms with Crippen molar-refractivity contribution in [1.29, 1.82) is 0 Å². The Balaban J connectivity index is 1.99. The van der Waals surface area contributed by atoms with E-state index in [2.05, 4.69) is 6.26 Å². The van der Waals surface area contributed by atoms with Gasteiger partial charge in [0.2, 0.25) is 0 Å². The number of ether oxygens (including phenoxy) is 1. The van der Waals surface area contributed by atoms with Crippen LogP contribution in [-0.4, -0.2) is 30.8 Å². The Morgan fingerprint density at radius 2 is 2.36 bits per heavy atom. The van der Waals surface area contributed by atoms with E-state index in [4.69, 9.17) is 10.5 Å². The van der Waals surface area contributed by atoms with Gasteiger partial charge in [-0.05, 0) is 25.5 Å². The summed E-state index contributed by atoms with van der Waals surface area (Å²) in [6.45, 7) is 0.887. The lowest BCUT2D eigenvalue weighted by atomic mass is 10.3. The minimum Gasteiger partial charge on any atom is -0.377 e. The molecule has 1 saturated carbocycles. The summed E-state index contributed by atoms with van der Waals surface area (Å²) in [5.74, 6) is 1.10. The van der Waals surface area contributed by atoms with Crippen molar-refractivity contribution in [3.8, 4) is 0 Å². The molecule has 2 atom stereocenters. The summed E-state index contributed by atoms with van der Waals surface area (Å²) in [4.78, 5) is 0. The SMILES string of the molecule is CSCCOC1CCC(N)C1. The molecule has 11 heavy (non-hydrogen) atoms. The Kier molecular flexibility index (Phi) is 4.26. The van der Waals surface area contributed by atoms with Gasteiger partial charge >= 0.3 is 0 Å². The molecular weight excluding hydrogens is 158 g/mol. The van der Waals surface area contributed by atoms with Crippen LogP contribution in [0.25, 0.3) is 0 Å². The third-order valence-corrected chi connectivity index (χ3v) is 2.64. The maximum atomic E-state index is 5.74. The number of hydrogen-bond donors (Lipinski definition) is 1. The van der Waals surface area contributed by atoms with Crippen molar-refractivity contribution in [1.82, 2.24) is 0 Å². The molecule has 0 spiro atoms. The summed E-state index contributed by atoms with van der Waals surface area (Å²) in [5.41, 5.74) is 5.74. The van der Waals surface area contributed by atoms with Gasteiger partial charge in [-0.15, -0.1) is 0 Å². The van der Waals surface area contributed by atoms with E-state index in [0.717, 1.165) is 31.6 Å². The van der Waals surface area contributed by atoms with E-state index in [-0.39, 0.29) is 0 Å². The molecule has 0 aromatic heterocycles. The molecule has 1 fully saturated rings. The fourth-order valence-corrected chi connectivity index (χ4v) is 1.69. The quantitative estimate of drug-likeness (QED) is 0.653. The van der Waals surface area contributed by atoms with Gasteiger partial charge in [-0.2, -0.15) is 11.8 Å². The van der Waals surface area contributed by atoms with Crippen LogP contribution < -0.4 is 5.73 Å². The molecular formula is C8H17NOS. The van der Waals surface area contributed by atoms with Crippen molar-refractivity contribution >= 4 is 11.8 Å². The van der Waals surface area contributed by atoms with Crippen LogP contribution in [0.1, 0.15) is 19.3 Å². The third-order valence-electron chi connectivity index (χ3n) is 2.07. The van der Waals surface area contributed by atoms with Crippen LogP contribution in [0.15, 0.2) is 0 Å². The summed E-state index contributed by atoms with van der Waals surface area (Å²) in [7, 11) is 0. The van der Waals surface area contributed by atoms with Gasteiger partial charge in [0, 0.05) is 11.8 Å². The van der Waals surface area contributed by atoms with Gasteiger partial charge in [0.1, 0.15) is 0 Å². The van der Waals surface area contributed by atoms with Crippen LogP contribution >= 0.6 is 11.8 Å². The normalized spacial score (nSPS) is 31.1. The number of thioether (sulfide) groups is 1. The lowest BCUT2D eigenvalue weighted by Crippen LogP contribution is -2.18. The van der Waals surface area contributed by atoms with Crippen molar-refractivity contribution in [3.05, 3.63) is 0 Å². The largest absolute Gasteiger partial charge is 0.377 e. The molecule has 1 rings (SSSR count). The fourth-order valence-electron chi connectivity index (χ4n) is 1.42. The molecule has 2 N–H and O–H groups in total. The summed E-state index contributed by atoms with van der Waals surface area (Å²) in [6.07, 6.45) is 5.93. The highest BCUT2D eigenvalue weighted by molar-refractivity contribution is 7.98. The molecule has 1 aliphatic carbocycles. The van der Waals surface area contributed by atoms with E-state index in [1.165, 1.54) is 0 Å². The van der Waals surface area contributed by atoms with E-state index >= 15 is 0 Å². The molecule has 0 aromatic rings. The monoisotopic (exact) mass is 175 g/mol. The first-order chi connectivity index (χ1) is 5.33. The first-order valence-corrected chi connectivity index (χ1v) is 5.58. The predicted molar refractivity (Wildman–Crippen MR) is 49.9 cm³/mol. The average Bonchev–Trinajstić information content (AvgIpc) is 2.37. The lowest BCUT2D eigenvalue weighted by Gasteiger charge is -2.09. The van der Waals surface area contributed by atoms with Crippen molar-refractivity contribution in [2.75, 3.05) is 18.6 Å². The highest BCUT2D eigenvalue weighted by Crippen LogP contribution is 2.20. The van der Waals surface area contributed by atoms with Gasteiger partial charge in [0.05, 0.1) is 12.7 Å². The topological polar surface area (TPSA) is 35.2 Å². The minimum absolute atomic E-state index is 0.397. The molecule has 3 heteroatoms. The summed E-state index contributed by atoms with van der Waals surface area (Å²) >= 11 is 1.83. The van der Waals surface area contributed by atoms with Gasteiger partial charge in [-0.1, -0.05) is 0 Å². The molecule has 2 nitrogen and oxygen atoms in total. The third kappa shape index (κ3) is 3.45. The van der Waals surface area contributed by atoms with Crippen LogP contribution in [0.4, 0.5) is 0 Å². The molecule has 1 aliphatic rings. The standard InChI is InChI=1S/C8H17NOS/c1-11-5-4-10-8-3-2-7(9)6-8/h7-8H,2-6,9H2,1H3. The highest BCUT2D eigenvalue weighted by Gasteiger charge is 2.21. The van der Waals surface area contributed by atoms with Crippen LogP contribution in [-0.2, 0) is 4.74 Å². The summed E-state index contributed by atoms with van der Waals surface area (Å²) < 4.78 is 5.61. The van der Waals surface area contributed by atoms with Crippen molar-refractivity contribution in [2.45, 2.75) is 31.4 Å². The predicted octanol–water partition coefficient (Wildman–Crippen LogP) is 1.25. The zero-order valence-corrected chi connectivity index (χ0v) is 7.90. The van der Waals surface area contributed by atoms with Gasteiger partial charge in [-0.3, -0.25) is 0 Å². The van der Waals surface area contributed by atoms with E-state index in [0.29, 0.717) is 12.1 Å². The maximum Gasteiger partial charge on any atom is 0.0590 e. The number of nitrogens with two attached hydrogens (primary N) is 1. The first-order valence-electron chi connectivity index (χ1n) is 4.19. The van der Waals surface area contributed by atoms with Crippen LogP contribution in [0.3, 0.4) is 0 Å². The highest BCUT2D eigenvalue weighted by atomic mass is 32.2.